The molecule has 2 rings (SSSR count). The molecule has 0 aliphatic heterocycles. The van der Waals surface area contributed by atoms with Crippen LogP contribution in [0.25, 0.3) is 0 Å². The molecule has 1 aliphatic rings. The SMILES string of the molecule is CSC1CCCC1Nc1nc(N)cc(Br)n1. The Morgan fingerprint density at radius 2 is 2.31 bits per heavy atom. The van der Waals surface area contributed by atoms with Crippen molar-refractivity contribution >= 4 is 39.5 Å². The minimum atomic E-state index is 0.462. The van der Waals surface area contributed by atoms with Gasteiger partial charge in [0.1, 0.15) is 10.4 Å². The van der Waals surface area contributed by atoms with Crippen molar-refractivity contribution in [2.24, 2.45) is 0 Å². The van der Waals surface area contributed by atoms with Gasteiger partial charge in [0.15, 0.2) is 0 Å². The molecule has 0 aromatic carbocycles. The molecule has 0 radical (unpaired) electrons. The second-order valence-electron chi connectivity index (χ2n) is 3.90. The van der Waals surface area contributed by atoms with Gasteiger partial charge in [-0.1, -0.05) is 6.42 Å². The molecule has 1 heterocycles. The quantitative estimate of drug-likeness (QED) is 0.840. The Morgan fingerprint density at radius 3 is 3.00 bits per heavy atom. The van der Waals surface area contributed by atoms with E-state index in [2.05, 4.69) is 37.5 Å². The predicted octanol–water partition coefficient (Wildman–Crippen LogP) is 2.52. The van der Waals surface area contributed by atoms with Crippen LogP contribution in [0.1, 0.15) is 19.3 Å². The van der Waals surface area contributed by atoms with Crippen LogP contribution in [-0.4, -0.2) is 27.5 Å². The normalized spacial score (nSPS) is 24.6. The maximum Gasteiger partial charge on any atom is 0.225 e. The highest BCUT2D eigenvalue weighted by atomic mass is 79.9. The van der Waals surface area contributed by atoms with E-state index in [1.807, 2.05) is 11.8 Å². The van der Waals surface area contributed by atoms with Gasteiger partial charge < -0.3 is 11.1 Å². The third-order valence-electron chi connectivity index (χ3n) is 2.78. The molecular weight excluding hydrogens is 288 g/mol. The first-order chi connectivity index (χ1) is 7.69. The maximum atomic E-state index is 5.67. The maximum absolute atomic E-state index is 5.67. The van der Waals surface area contributed by atoms with Crippen LogP contribution < -0.4 is 11.1 Å². The van der Waals surface area contributed by atoms with Gasteiger partial charge in [0, 0.05) is 17.4 Å². The summed E-state index contributed by atoms with van der Waals surface area (Å²) in [5.74, 6) is 1.11. The fourth-order valence-corrected chi connectivity index (χ4v) is 3.38. The molecule has 2 atom stereocenters. The average molecular weight is 303 g/mol. The molecule has 6 heteroatoms. The highest BCUT2D eigenvalue weighted by molar-refractivity contribution is 9.10. The summed E-state index contributed by atoms with van der Waals surface area (Å²) in [6.07, 6.45) is 5.87. The van der Waals surface area contributed by atoms with Crippen LogP contribution in [0.5, 0.6) is 0 Å². The number of halogens is 1. The predicted molar refractivity (Wildman–Crippen MR) is 72.7 cm³/mol. The number of nitrogens with two attached hydrogens (primary N) is 1. The summed E-state index contributed by atoms with van der Waals surface area (Å²) >= 11 is 5.23. The molecule has 16 heavy (non-hydrogen) atoms. The van der Waals surface area contributed by atoms with Crippen molar-refractivity contribution in [2.75, 3.05) is 17.3 Å². The Bertz CT molecular complexity index is 354. The number of nitrogens with zero attached hydrogens (tertiary/aromatic N) is 2. The lowest BCUT2D eigenvalue weighted by Crippen LogP contribution is -2.26. The van der Waals surface area contributed by atoms with Crippen LogP contribution in [0.4, 0.5) is 11.8 Å². The van der Waals surface area contributed by atoms with Gasteiger partial charge in [-0.3, -0.25) is 0 Å². The summed E-state index contributed by atoms with van der Waals surface area (Å²) in [6.45, 7) is 0. The third kappa shape index (κ3) is 2.79. The van der Waals surface area contributed by atoms with E-state index in [-0.39, 0.29) is 0 Å². The summed E-state index contributed by atoms with van der Waals surface area (Å²) < 4.78 is 0.723. The van der Waals surface area contributed by atoms with Gasteiger partial charge in [-0.05, 0) is 35.0 Å². The number of thioether (sulfide) groups is 1. The molecule has 3 N–H and O–H groups in total. The largest absolute Gasteiger partial charge is 0.383 e. The van der Waals surface area contributed by atoms with Gasteiger partial charge >= 0.3 is 0 Å². The number of rotatable bonds is 3. The Morgan fingerprint density at radius 1 is 1.50 bits per heavy atom. The summed E-state index contributed by atoms with van der Waals surface area (Å²) in [5, 5.41) is 4.03. The lowest BCUT2D eigenvalue weighted by atomic mass is 10.2. The van der Waals surface area contributed by atoms with Gasteiger partial charge in [-0.25, -0.2) is 4.98 Å². The van der Waals surface area contributed by atoms with Crippen molar-refractivity contribution in [2.45, 2.75) is 30.6 Å². The van der Waals surface area contributed by atoms with Crippen molar-refractivity contribution in [3.63, 3.8) is 0 Å². The van der Waals surface area contributed by atoms with Crippen LogP contribution >= 0.6 is 27.7 Å². The topological polar surface area (TPSA) is 63.8 Å². The van der Waals surface area contributed by atoms with Gasteiger partial charge in [-0.2, -0.15) is 16.7 Å². The van der Waals surface area contributed by atoms with Gasteiger partial charge in [0.05, 0.1) is 0 Å². The van der Waals surface area contributed by atoms with Gasteiger partial charge in [0.25, 0.3) is 0 Å². The fourth-order valence-electron chi connectivity index (χ4n) is 2.04. The van der Waals surface area contributed by atoms with E-state index >= 15 is 0 Å². The number of nitrogens with one attached hydrogen (secondary N) is 1. The van der Waals surface area contributed by atoms with Crippen molar-refractivity contribution < 1.29 is 0 Å². The molecule has 1 aliphatic carbocycles. The third-order valence-corrected chi connectivity index (χ3v) is 4.36. The molecule has 1 fully saturated rings. The van der Waals surface area contributed by atoms with Gasteiger partial charge in [-0.15, -0.1) is 0 Å². The molecule has 88 valence electrons. The van der Waals surface area contributed by atoms with E-state index in [9.17, 15) is 0 Å². The summed E-state index contributed by atoms with van der Waals surface area (Å²) in [5.41, 5.74) is 5.67. The molecule has 0 bridgehead atoms. The van der Waals surface area contributed by atoms with Crippen LogP contribution in [0.2, 0.25) is 0 Å². The van der Waals surface area contributed by atoms with E-state index < -0.39 is 0 Å². The van der Waals surface area contributed by atoms with Crippen LogP contribution in [0.3, 0.4) is 0 Å². The number of hydrogen-bond acceptors (Lipinski definition) is 5. The Labute approximate surface area is 108 Å². The number of hydrogen-bond donors (Lipinski definition) is 2. The second-order valence-corrected chi connectivity index (χ2v) is 5.78. The van der Waals surface area contributed by atoms with E-state index in [1.54, 1.807) is 6.07 Å². The zero-order valence-electron chi connectivity index (χ0n) is 9.11. The lowest BCUT2D eigenvalue weighted by molar-refractivity contribution is 0.756. The van der Waals surface area contributed by atoms with E-state index in [1.165, 1.54) is 19.3 Å². The molecule has 0 spiro atoms. The first-order valence-corrected chi connectivity index (χ1v) is 7.36. The number of anilines is 2. The smallest absolute Gasteiger partial charge is 0.225 e. The fraction of sp³-hybridized carbons (Fsp3) is 0.600. The average Bonchev–Trinajstić information content (AvgIpc) is 2.63. The minimum Gasteiger partial charge on any atom is -0.383 e. The van der Waals surface area contributed by atoms with E-state index in [0.717, 1.165) is 4.60 Å². The highest BCUT2D eigenvalue weighted by Crippen LogP contribution is 2.30. The molecule has 1 aromatic rings. The Kier molecular flexibility index (Phi) is 3.91. The van der Waals surface area contributed by atoms with Crippen molar-refractivity contribution in [3.8, 4) is 0 Å². The standard InChI is InChI=1S/C10H15BrN4S/c1-16-7-4-2-3-6(7)13-10-14-8(11)5-9(12)15-10/h5-7H,2-4H2,1H3,(H3,12,13,14,15). The van der Waals surface area contributed by atoms with E-state index in [0.29, 0.717) is 23.1 Å². The second kappa shape index (κ2) is 5.23. The zero-order valence-corrected chi connectivity index (χ0v) is 11.5. The highest BCUT2D eigenvalue weighted by Gasteiger charge is 2.26. The van der Waals surface area contributed by atoms with Crippen LogP contribution in [-0.2, 0) is 0 Å². The first-order valence-electron chi connectivity index (χ1n) is 5.28. The minimum absolute atomic E-state index is 0.462. The molecular formula is C10H15BrN4S. The molecule has 1 saturated carbocycles. The first kappa shape index (κ1) is 12.0. The van der Waals surface area contributed by atoms with Crippen molar-refractivity contribution in [1.29, 1.82) is 0 Å². The molecule has 1 aromatic heterocycles. The van der Waals surface area contributed by atoms with E-state index in [4.69, 9.17) is 5.73 Å². The summed E-state index contributed by atoms with van der Waals surface area (Å²) in [7, 11) is 0. The van der Waals surface area contributed by atoms with Crippen molar-refractivity contribution in [3.05, 3.63) is 10.7 Å². The molecule has 0 saturated heterocycles. The summed E-state index contributed by atoms with van der Waals surface area (Å²) in [4.78, 5) is 8.45. The summed E-state index contributed by atoms with van der Waals surface area (Å²) in [6, 6.07) is 2.16. The zero-order chi connectivity index (χ0) is 11.5. The number of nitrogen functional groups attached to an aromatic ring is 1. The van der Waals surface area contributed by atoms with Gasteiger partial charge in [0.2, 0.25) is 5.95 Å². The monoisotopic (exact) mass is 302 g/mol. The Hall–Kier alpha value is -0.490. The van der Waals surface area contributed by atoms with Crippen molar-refractivity contribution in [1.82, 2.24) is 9.97 Å². The Balaban J connectivity index is 2.08. The molecule has 2 unspecified atom stereocenters. The lowest BCUT2D eigenvalue weighted by Gasteiger charge is -2.19. The number of aromatic nitrogens is 2. The van der Waals surface area contributed by atoms with Crippen LogP contribution in [0, 0.1) is 0 Å². The van der Waals surface area contributed by atoms with Crippen LogP contribution in [0.15, 0.2) is 10.7 Å². The molecule has 4 nitrogen and oxygen atoms in total. The molecule has 0 amide bonds.